The molecule has 1 unspecified atom stereocenters. The Balaban J connectivity index is 2.37. The Bertz CT molecular complexity index is 263. The lowest BCUT2D eigenvalue weighted by molar-refractivity contribution is -0.125. The third-order valence-electron chi connectivity index (χ3n) is 2.58. The molecule has 1 atom stereocenters. The lowest BCUT2D eigenvalue weighted by atomic mass is 9.89. The number of aliphatic hydroxyl groups is 1. The Labute approximate surface area is 89.2 Å². The number of imide groups is 1. The Morgan fingerprint density at radius 3 is 2.67 bits per heavy atom. The lowest BCUT2D eigenvalue weighted by Gasteiger charge is -2.25. The van der Waals surface area contributed by atoms with Crippen molar-refractivity contribution in [2.75, 3.05) is 13.2 Å². The van der Waals surface area contributed by atoms with Crippen LogP contribution >= 0.6 is 0 Å². The van der Waals surface area contributed by atoms with Crippen molar-refractivity contribution >= 4 is 11.8 Å². The molecular formula is C10H18N2O3. The van der Waals surface area contributed by atoms with Crippen LogP contribution in [0, 0.1) is 5.41 Å². The van der Waals surface area contributed by atoms with Crippen molar-refractivity contribution in [1.29, 1.82) is 0 Å². The molecule has 1 saturated heterocycles. The van der Waals surface area contributed by atoms with E-state index in [0.717, 1.165) is 0 Å². The van der Waals surface area contributed by atoms with Crippen molar-refractivity contribution in [2.24, 2.45) is 5.41 Å². The maximum absolute atomic E-state index is 11.2. The van der Waals surface area contributed by atoms with Crippen molar-refractivity contribution in [3.8, 4) is 0 Å². The van der Waals surface area contributed by atoms with E-state index >= 15 is 0 Å². The third-order valence-corrected chi connectivity index (χ3v) is 2.58. The number of aliphatic hydroxyl groups excluding tert-OH is 1. The van der Waals surface area contributed by atoms with Crippen LogP contribution in [0.4, 0.5) is 0 Å². The van der Waals surface area contributed by atoms with E-state index in [4.69, 9.17) is 5.11 Å². The predicted molar refractivity (Wildman–Crippen MR) is 55.0 cm³/mol. The van der Waals surface area contributed by atoms with Crippen LogP contribution in [0.3, 0.4) is 0 Å². The van der Waals surface area contributed by atoms with Gasteiger partial charge in [0.05, 0.1) is 12.5 Å². The van der Waals surface area contributed by atoms with E-state index in [1.165, 1.54) is 0 Å². The molecule has 0 bridgehead atoms. The van der Waals surface area contributed by atoms with Gasteiger partial charge >= 0.3 is 0 Å². The van der Waals surface area contributed by atoms with Gasteiger partial charge in [0.2, 0.25) is 11.8 Å². The van der Waals surface area contributed by atoms with Gasteiger partial charge in [-0.2, -0.15) is 0 Å². The summed E-state index contributed by atoms with van der Waals surface area (Å²) in [5.74, 6) is -0.475. The van der Waals surface area contributed by atoms with Gasteiger partial charge < -0.3 is 10.4 Å². The molecule has 15 heavy (non-hydrogen) atoms. The molecule has 1 heterocycles. The van der Waals surface area contributed by atoms with Crippen LogP contribution in [0.1, 0.15) is 26.7 Å². The highest BCUT2D eigenvalue weighted by Gasteiger charge is 2.31. The summed E-state index contributed by atoms with van der Waals surface area (Å²) >= 11 is 0. The van der Waals surface area contributed by atoms with Gasteiger partial charge in [0.15, 0.2) is 0 Å². The van der Waals surface area contributed by atoms with E-state index in [9.17, 15) is 9.59 Å². The van der Waals surface area contributed by atoms with Crippen molar-refractivity contribution in [2.45, 2.75) is 32.7 Å². The molecule has 0 aromatic heterocycles. The highest BCUT2D eigenvalue weighted by atomic mass is 16.3. The van der Waals surface area contributed by atoms with Gasteiger partial charge in [0.25, 0.3) is 0 Å². The summed E-state index contributed by atoms with van der Waals surface area (Å²) in [6.45, 7) is 4.75. The van der Waals surface area contributed by atoms with Crippen molar-refractivity contribution in [3.63, 3.8) is 0 Å². The summed E-state index contributed by atoms with van der Waals surface area (Å²) in [6.07, 6.45) is 0.885. The lowest BCUT2D eigenvalue weighted by Crippen LogP contribution is -2.41. The average molecular weight is 214 g/mol. The van der Waals surface area contributed by atoms with Gasteiger partial charge in [-0.3, -0.25) is 14.9 Å². The van der Waals surface area contributed by atoms with Gasteiger partial charge in [-0.25, -0.2) is 0 Å². The SMILES string of the molecule is CC(C)(CCO)CNC1CC(=O)NC1=O. The average Bonchev–Trinajstić information content (AvgIpc) is 2.42. The fourth-order valence-electron chi connectivity index (χ4n) is 1.51. The molecule has 5 nitrogen and oxygen atoms in total. The minimum atomic E-state index is -0.407. The van der Waals surface area contributed by atoms with Crippen LogP contribution in [0.5, 0.6) is 0 Å². The number of rotatable bonds is 5. The Morgan fingerprint density at radius 1 is 1.53 bits per heavy atom. The molecule has 1 rings (SSSR count). The summed E-state index contributed by atoms with van der Waals surface area (Å²) in [6, 6.07) is -0.407. The van der Waals surface area contributed by atoms with E-state index in [2.05, 4.69) is 10.6 Å². The first-order chi connectivity index (χ1) is 6.94. The zero-order valence-corrected chi connectivity index (χ0v) is 9.17. The standard InChI is InChI=1S/C10H18N2O3/c1-10(2,3-4-13)6-11-7-5-8(14)12-9(7)15/h7,11,13H,3-6H2,1-2H3,(H,12,14,15). The zero-order chi connectivity index (χ0) is 11.5. The van der Waals surface area contributed by atoms with Crippen LogP contribution < -0.4 is 10.6 Å². The fraction of sp³-hybridized carbons (Fsp3) is 0.800. The van der Waals surface area contributed by atoms with Crippen LogP contribution in [0.2, 0.25) is 0 Å². The maximum atomic E-state index is 11.2. The molecule has 5 heteroatoms. The second-order valence-electron chi connectivity index (χ2n) is 4.69. The second-order valence-corrected chi connectivity index (χ2v) is 4.69. The first-order valence-electron chi connectivity index (χ1n) is 5.12. The van der Waals surface area contributed by atoms with Gasteiger partial charge in [0, 0.05) is 13.2 Å². The number of carbonyl (C=O) groups is 2. The summed E-state index contributed by atoms with van der Waals surface area (Å²) in [7, 11) is 0. The van der Waals surface area contributed by atoms with Gasteiger partial charge in [0.1, 0.15) is 0 Å². The molecule has 2 amide bonds. The third kappa shape index (κ3) is 3.60. The van der Waals surface area contributed by atoms with Gasteiger partial charge in [-0.05, 0) is 11.8 Å². The van der Waals surface area contributed by atoms with Crippen molar-refractivity contribution < 1.29 is 14.7 Å². The quantitative estimate of drug-likeness (QED) is 0.534. The summed E-state index contributed by atoms with van der Waals surface area (Å²) in [5, 5.41) is 14.1. The van der Waals surface area contributed by atoms with E-state index in [1.807, 2.05) is 13.8 Å². The van der Waals surface area contributed by atoms with Crippen LogP contribution in [-0.4, -0.2) is 36.1 Å². The Morgan fingerprint density at radius 2 is 2.20 bits per heavy atom. The molecule has 3 N–H and O–H groups in total. The number of carbonyl (C=O) groups excluding carboxylic acids is 2. The van der Waals surface area contributed by atoms with Gasteiger partial charge in [-0.1, -0.05) is 13.8 Å². The predicted octanol–water partition coefficient (Wildman–Crippen LogP) is -0.600. The largest absolute Gasteiger partial charge is 0.396 e. The normalized spacial score (nSPS) is 21.9. The first kappa shape index (κ1) is 12.1. The molecule has 0 aliphatic carbocycles. The first-order valence-corrected chi connectivity index (χ1v) is 5.12. The second kappa shape index (κ2) is 4.72. The maximum Gasteiger partial charge on any atom is 0.244 e. The highest BCUT2D eigenvalue weighted by Crippen LogP contribution is 2.18. The smallest absolute Gasteiger partial charge is 0.244 e. The number of hydrogen-bond acceptors (Lipinski definition) is 4. The molecule has 0 spiro atoms. The number of amides is 2. The monoisotopic (exact) mass is 214 g/mol. The molecule has 86 valence electrons. The minimum absolute atomic E-state index is 0.0688. The topological polar surface area (TPSA) is 78.4 Å². The highest BCUT2D eigenvalue weighted by molar-refractivity contribution is 6.05. The molecule has 1 aliphatic rings. The molecule has 1 aliphatic heterocycles. The zero-order valence-electron chi connectivity index (χ0n) is 9.17. The van der Waals surface area contributed by atoms with Crippen LogP contribution in [0.15, 0.2) is 0 Å². The van der Waals surface area contributed by atoms with E-state index in [-0.39, 0.29) is 30.3 Å². The molecule has 0 aromatic rings. The summed E-state index contributed by atoms with van der Waals surface area (Å²) in [4.78, 5) is 22.1. The molecule has 0 aromatic carbocycles. The molecular weight excluding hydrogens is 196 g/mol. The molecule has 1 fully saturated rings. The van der Waals surface area contributed by atoms with E-state index < -0.39 is 6.04 Å². The number of nitrogens with one attached hydrogen (secondary N) is 2. The van der Waals surface area contributed by atoms with Crippen molar-refractivity contribution in [1.82, 2.24) is 10.6 Å². The molecule has 0 saturated carbocycles. The van der Waals surface area contributed by atoms with E-state index in [0.29, 0.717) is 13.0 Å². The van der Waals surface area contributed by atoms with E-state index in [1.54, 1.807) is 0 Å². The van der Waals surface area contributed by atoms with Crippen molar-refractivity contribution in [3.05, 3.63) is 0 Å². The fourth-order valence-corrected chi connectivity index (χ4v) is 1.51. The Kier molecular flexibility index (Phi) is 3.82. The summed E-state index contributed by atoms with van der Waals surface area (Å²) < 4.78 is 0. The number of hydrogen-bond donors (Lipinski definition) is 3. The van der Waals surface area contributed by atoms with Crippen LogP contribution in [0.25, 0.3) is 0 Å². The summed E-state index contributed by atoms with van der Waals surface area (Å²) in [5.41, 5.74) is -0.0688. The molecule has 0 radical (unpaired) electrons. The van der Waals surface area contributed by atoms with Crippen LogP contribution in [-0.2, 0) is 9.59 Å². The Hall–Kier alpha value is -0.940. The van der Waals surface area contributed by atoms with Gasteiger partial charge in [-0.15, -0.1) is 0 Å². The minimum Gasteiger partial charge on any atom is -0.396 e.